The number of nitrogens with one attached hydrogen (secondary N) is 1. The number of aromatic nitrogens is 2. The predicted molar refractivity (Wildman–Crippen MR) is 152 cm³/mol. The number of carbonyl (C=O) groups excluding carboxylic acids is 1. The van der Waals surface area contributed by atoms with Gasteiger partial charge in [0.1, 0.15) is 11.6 Å². The molecular formula is C31H34ClN3O2. The van der Waals surface area contributed by atoms with Crippen molar-refractivity contribution in [2.24, 2.45) is 0 Å². The fourth-order valence-electron chi connectivity index (χ4n) is 4.27. The molecule has 0 saturated heterocycles. The summed E-state index contributed by atoms with van der Waals surface area (Å²) in [6.45, 7) is 2.23. The van der Waals surface area contributed by atoms with Gasteiger partial charge in [-0.05, 0) is 61.6 Å². The Morgan fingerprint density at radius 2 is 1.68 bits per heavy atom. The van der Waals surface area contributed by atoms with Crippen molar-refractivity contribution in [3.63, 3.8) is 0 Å². The van der Waals surface area contributed by atoms with E-state index in [1.165, 1.54) is 5.52 Å². The zero-order chi connectivity index (χ0) is 25.7. The minimum atomic E-state index is -0.0517. The lowest BCUT2D eigenvalue weighted by molar-refractivity contribution is -0.116. The second-order valence-electron chi connectivity index (χ2n) is 9.00. The van der Waals surface area contributed by atoms with E-state index in [9.17, 15) is 4.79 Å². The highest BCUT2D eigenvalue weighted by Crippen LogP contribution is 2.23. The number of halogens is 1. The number of rotatable bonds is 14. The minimum Gasteiger partial charge on any atom is -0.492 e. The van der Waals surface area contributed by atoms with Crippen molar-refractivity contribution < 1.29 is 9.53 Å². The molecule has 0 aliphatic carbocycles. The second-order valence-corrected chi connectivity index (χ2v) is 9.41. The molecular weight excluding hydrogens is 482 g/mol. The molecule has 0 aliphatic rings. The van der Waals surface area contributed by atoms with Gasteiger partial charge in [-0.1, -0.05) is 72.6 Å². The van der Waals surface area contributed by atoms with Crippen LogP contribution in [0.5, 0.6) is 5.75 Å². The molecule has 1 amide bonds. The van der Waals surface area contributed by atoms with Crippen LogP contribution in [0.3, 0.4) is 0 Å². The molecule has 4 aromatic rings. The third-order valence-corrected chi connectivity index (χ3v) is 6.52. The highest BCUT2D eigenvalue weighted by atomic mass is 35.5. The van der Waals surface area contributed by atoms with E-state index in [1.807, 2.05) is 66.7 Å². The smallest absolute Gasteiger partial charge is 0.243 e. The number of amides is 1. The molecule has 37 heavy (non-hydrogen) atoms. The highest BCUT2D eigenvalue weighted by Gasteiger charge is 2.10. The number of fused-ring (bicyclic) bond motifs is 1. The van der Waals surface area contributed by atoms with Crippen LogP contribution in [0.15, 0.2) is 84.9 Å². The molecule has 192 valence electrons. The van der Waals surface area contributed by atoms with E-state index in [4.69, 9.17) is 21.3 Å². The summed E-state index contributed by atoms with van der Waals surface area (Å²) < 4.78 is 8.19. The lowest BCUT2D eigenvalue weighted by Crippen LogP contribution is -2.22. The number of hydrogen-bond acceptors (Lipinski definition) is 3. The molecule has 6 heteroatoms. The Hall–Kier alpha value is -3.57. The average molecular weight is 516 g/mol. The second kappa shape index (κ2) is 14.2. The summed E-state index contributed by atoms with van der Waals surface area (Å²) >= 11 is 6.18. The Labute approximate surface area is 224 Å². The number of benzene rings is 3. The first-order valence-corrected chi connectivity index (χ1v) is 13.4. The van der Waals surface area contributed by atoms with E-state index in [0.717, 1.165) is 67.7 Å². The number of aryl methyl sites for hydroxylation is 2. The number of hydrogen-bond donors (Lipinski definition) is 1. The summed E-state index contributed by atoms with van der Waals surface area (Å²) in [7, 11) is 0. The van der Waals surface area contributed by atoms with E-state index in [1.54, 1.807) is 6.08 Å². The van der Waals surface area contributed by atoms with Crippen molar-refractivity contribution in [2.75, 3.05) is 13.2 Å². The third-order valence-electron chi connectivity index (χ3n) is 6.21. The van der Waals surface area contributed by atoms with Crippen LogP contribution < -0.4 is 10.1 Å². The van der Waals surface area contributed by atoms with Crippen LogP contribution in [-0.4, -0.2) is 28.6 Å². The van der Waals surface area contributed by atoms with Crippen molar-refractivity contribution >= 4 is 34.6 Å². The van der Waals surface area contributed by atoms with Gasteiger partial charge >= 0.3 is 0 Å². The molecule has 0 bridgehead atoms. The van der Waals surface area contributed by atoms with Crippen molar-refractivity contribution in [1.82, 2.24) is 14.9 Å². The Morgan fingerprint density at radius 3 is 2.54 bits per heavy atom. The summed E-state index contributed by atoms with van der Waals surface area (Å²) in [6.07, 6.45) is 9.32. The topological polar surface area (TPSA) is 56.2 Å². The molecule has 3 aromatic carbocycles. The molecule has 0 fully saturated rings. The monoisotopic (exact) mass is 515 g/mol. The quantitative estimate of drug-likeness (QED) is 0.144. The number of imidazole rings is 1. The molecule has 4 rings (SSSR count). The number of carbonyl (C=O) groups is 1. The number of para-hydroxylation sites is 3. The maximum absolute atomic E-state index is 12.0. The fourth-order valence-corrected chi connectivity index (χ4v) is 4.46. The van der Waals surface area contributed by atoms with Crippen LogP contribution in [0.25, 0.3) is 17.1 Å². The van der Waals surface area contributed by atoms with Crippen LogP contribution in [0.4, 0.5) is 0 Å². The van der Waals surface area contributed by atoms with Gasteiger partial charge in [-0.2, -0.15) is 0 Å². The summed E-state index contributed by atoms with van der Waals surface area (Å²) in [4.78, 5) is 16.9. The molecule has 0 spiro atoms. The molecule has 1 aromatic heterocycles. The largest absolute Gasteiger partial charge is 0.492 e. The molecule has 1 heterocycles. The van der Waals surface area contributed by atoms with Gasteiger partial charge in [0, 0.05) is 25.6 Å². The fraction of sp³-hybridized carbons (Fsp3) is 0.290. The van der Waals surface area contributed by atoms with E-state index in [-0.39, 0.29) is 5.91 Å². The summed E-state index contributed by atoms with van der Waals surface area (Å²) in [5.74, 6) is 1.81. The SMILES string of the molecule is O=C(/C=C/c1ccccc1)NCCCCCc1nc2ccccc2n1CCCCOc1ccccc1Cl. The van der Waals surface area contributed by atoms with Gasteiger partial charge in [0.05, 0.1) is 22.7 Å². The molecule has 0 atom stereocenters. The predicted octanol–water partition coefficient (Wildman–Crippen LogP) is 7.09. The first-order valence-electron chi connectivity index (χ1n) is 13.0. The standard InChI is InChI=1S/C31H34ClN3O2/c32-26-15-6-9-18-29(26)37-24-12-11-23-35-28-17-8-7-16-27(28)34-30(35)19-5-2-10-22-33-31(36)21-20-25-13-3-1-4-14-25/h1,3-4,6-9,13-18,20-21H,2,5,10-12,19,22-24H2,(H,33,36)/b21-20+. The van der Waals surface area contributed by atoms with Gasteiger partial charge < -0.3 is 14.6 Å². The van der Waals surface area contributed by atoms with Gasteiger partial charge in [-0.15, -0.1) is 0 Å². The number of nitrogens with zero attached hydrogens (tertiary/aromatic N) is 2. The highest BCUT2D eigenvalue weighted by molar-refractivity contribution is 6.32. The molecule has 0 saturated carbocycles. The van der Waals surface area contributed by atoms with Crippen molar-refractivity contribution in [3.05, 3.63) is 101 Å². The zero-order valence-corrected chi connectivity index (χ0v) is 21.9. The summed E-state index contributed by atoms with van der Waals surface area (Å²) in [6, 6.07) is 25.8. The van der Waals surface area contributed by atoms with Crippen molar-refractivity contribution in [2.45, 2.75) is 45.1 Å². The first-order chi connectivity index (χ1) is 18.2. The van der Waals surface area contributed by atoms with Crippen LogP contribution in [0, 0.1) is 0 Å². The summed E-state index contributed by atoms with van der Waals surface area (Å²) in [5, 5.41) is 3.62. The van der Waals surface area contributed by atoms with Crippen LogP contribution in [0.2, 0.25) is 5.02 Å². The van der Waals surface area contributed by atoms with Gasteiger partial charge in [0.25, 0.3) is 0 Å². The third kappa shape index (κ3) is 8.22. The van der Waals surface area contributed by atoms with Gasteiger partial charge in [0.15, 0.2) is 0 Å². The maximum atomic E-state index is 12.0. The normalized spacial score (nSPS) is 11.3. The molecule has 0 aliphatic heterocycles. The van der Waals surface area contributed by atoms with Crippen LogP contribution in [0.1, 0.15) is 43.5 Å². The number of ether oxygens (including phenoxy) is 1. The molecule has 1 N–H and O–H groups in total. The van der Waals surface area contributed by atoms with Gasteiger partial charge in [-0.25, -0.2) is 4.98 Å². The Morgan fingerprint density at radius 1 is 0.892 bits per heavy atom. The minimum absolute atomic E-state index is 0.0517. The lowest BCUT2D eigenvalue weighted by atomic mass is 10.2. The maximum Gasteiger partial charge on any atom is 0.243 e. The van der Waals surface area contributed by atoms with Gasteiger partial charge in [-0.3, -0.25) is 4.79 Å². The Bertz CT molecular complexity index is 1300. The van der Waals surface area contributed by atoms with Crippen LogP contribution >= 0.6 is 11.6 Å². The molecule has 0 radical (unpaired) electrons. The van der Waals surface area contributed by atoms with Crippen molar-refractivity contribution in [1.29, 1.82) is 0 Å². The van der Waals surface area contributed by atoms with Crippen molar-refractivity contribution in [3.8, 4) is 5.75 Å². The average Bonchev–Trinajstić information content (AvgIpc) is 3.28. The van der Waals surface area contributed by atoms with E-state index < -0.39 is 0 Å². The number of unbranched alkanes of at least 4 members (excludes halogenated alkanes) is 3. The Balaban J connectivity index is 1.19. The molecule has 5 nitrogen and oxygen atoms in total. The van der Waals surface area contributed by atoms with Gasteiger partial charge in [0.2, 0.25) is 5.91 Å². The van der Waals surface area contributed by atoms with E-state index >= 15 is 0 Å². The lowest BCUT2D eigenvalue weighted by Gasteiger charge is -2.11. The van der Waals surface area contributed by atoms with E-state index in [2.05, 4.69) is 28.1 Å². The molecule has 0 unspecified atom stereocenters. The van der Waals surface area contributed by atoms with E-state index in [0.29, 0.717) is 18.2 Å². The summed E-state index contributed by atoms with van der Waals surface area (Å²) in [5.41, 5.74) is 3.25. The van der Waals surface area contributed by atoms with Crippen LogP contribution in [-0.2, 0) is 17.8 Å². The Kier molecular flexibility index (Phi) is 10.2. The first kappa shape index (κ1) is 26.5. The zero-order valence-electron chi connectivity index (χ0n) is 21.1.